The number of rotatable bonds is 8. The van der Waals surface area contributed by atoms with Crippen molar-refractivity contribution in [2.24, 2.45) is 0 Å². The van der Waals surface area contributed by atoms with Gasteiger partial charge in [0.25, 0.3) is 0 Å². The second-order valence-corrected chi connectivity index (χ2v) is 6.92. The Morgan fingerprint density at radius 1 is 0.857 bits per heavy atom. The van der Waals surface area contributed by atoms with Gasteiger partial charge in [-0.05, 0) is 24.9 Å². The molecular weight excluding hydrogens is 255 g/mol. The van der Waals surface area contributed by atoms with Crippen LogP contribution >= 0.6 is 23.2 Å². The van der Waals surface area contributed by atoms with Gasteiger partial charge in [-0.25, -0.2) is 0 Å². The van der Waals surface area contributed by atoms with E-state index in [9.17, 15) is 0 Å². The topological polar surface area (TPSA) is 18.5 Å². The number of hydrogen-bond donors (Lipinski definition) is 0. The summed E-state index contributed by atoms with van der Waals surface area (Å²) in [5.74, 6) is 1.58. The fraction of sp³-hybridized carbons (Fsp3) is 1.00. The molecule has 0 radical (unpaired) electrons. The van der Waals surface area contributed by atoms with E-state index >= 15 is 0 Å². The average molecular weight is 277 g/mol. The molecule has 0 aliphatic rings. The van der Waals surface area contributed by atoms with Gasteiger partial charge in [0.2, 0.25) is 0 Å². The van der Waals surface area contributed by atoms with E-state index < -0.39 is 0 Å². The van der Waals surface area contributed by atoms with Crippen molar-refractivity contribution in [1.29, 1.82) is 0 Å². The number of alkyl halides is 2. The van der Waals surface area contributed by atoms with Gasteiger partial charge >= 0.3 is 0 Å². The first-order chi connectivity index (χ1) is 6.83. The van der Waals surface area contributed by atoms with Crippen molar-refractivity contribution in [3.05, 3.63) is 0 Å². The second kappa shape index (κ2) is 19.5. The van der Waals surface area contributed by atoms with Gasteiger partial charge in [0.1, 0.15) is 0 Å². The fourth-order valence-corrected chi connectivity index (χ4v) is 3.18. The molecule has 88 valence electrons. The van der Waals surface area contributed by atoms with Crippen LogP contribution in [0.25, 0.3) is 0 Å². The van der Waals surface area contributed by atoms with Gasteiger partial charge in [0.15, 0.2) is 19.5 Å². The van der Waals surface area contributed by atoms with Crippen molar-refractivity contribution in [1.82, 2.24) is 0 Å². The van der Waals surface area contributed by atoms with Crippen LogP contribution in [0.15, 0.2) is 0 Å². The Kier molecular flexibility index (Phi) is 24.1. The van der Waals surface area contributed by atoms with Crippen LogP contribution in [0.4, 0.5) is 0 Å². The zero-order chi connectivity index (χ0) is 11.1. The van der Waals surface area contributed by atoms with E-state index in [4.69, 9.17) is 32.1 Å². The minimum atomic E-state index is -0.174. The molecule has 0 spiro atoms. The Morgan fingerprint density at radius 3 is 1.43 bits per heavy atom. The summed E-state index contributed by atoms with van der Waals surface area (Å²) in [7, 11) is 3.18. The van der Waals surface area contributed by atoms with Crippen LogP contribution in [0, 0.1) is 0 Å². The van der Waals surface area contributed by atoms with E-state index in [-0.39, 0.29) is 19.5 Å². The maximum atomic E-state index is 5.40. The van der Waals surface area contributed by atoms with Crippen LogP contribution in [0.5, 0.6) is 0 Å². The van der Waals surface area contributed by atoms with Crippen molar-refractivity contribution in [3.8, 4) is 0 Å². The molecule has 0 aromatic carbocycles. The summed E-state index contributed by atoms with van der Waals surface area (Å²) in [5, 5.41) is 0. The summed E-state index contributed by atoms with van der Waals surface area (Å²) < 4.78 is 9.85. The molecule has 0 aliphatic heterocycles. The SMILES string of the molecule is CO[SiH2]CCCCl.CO[SiH2]CCCCl. The van der Waals surface area contributed by atoms with E-state index in [1.54, 1.807) is 14.2 Å². The van der Waals surface area contributed by atoms with Crippen molar-refractivity contribution in [2.45, 2.75) is 24.9 Å². The molecule has 0 aromatic heterocycles. The smallest absolute Gasteiger partial charge is 0.161 e. The molecule has 2 nitrogen and oxygen atoms in total. The third-order valence-corrected chi connectivity index (χ3v) is 4.39. The van der Waals surface area contributed by atoms with E-state index in [0.717, 1.165) is 24.6 Å². The molecule has 0 atom stereocenters. The Bertz CT molecular complexity index is 71.7. The van der Waals surface area contributed by atoms with Crippen molar-refractivity contribution >= 4 is 42.7 Å². The Hall–Kier alpha value is 0.934. The van der Waals surface area contributed by atoms with E-state index in [1.165, 1.54) is 12.1 Å². The molecule has 0 rings (SSSR count). The monoisotopic (exact) mass is 276 g/mol. The van der Waals surface area contributed by atoms with Crippen molar-refractivity contribution < 1.29 is 8.85 Å². The lowest BCUT2D eigenvalue weighted by molar-refractivity contribution is 0.440. The van der Waals surface area contributed by atoms with Gasteiger partial charge in [-0.3, -0.25) is 0 Å². The fourth-order valence-electron chi connectivity index (χ4n) is 0.682. The van der Waals surface area contributed by atoms with Crippen LogP contribution < -0.4 is 0 Å². The molecule has 14 heavy (non-hydrogen) atoms. The molecule has 0 N–H and O–H groups in total. The summed E-state index contributed by atoms with van der Waals surface area (Å²) >= 11 is 10.8. The molecule has 0 bridgehead atoms. The highest BCUT2D eigenvalue weighted by Crippen LogP contribution is 1.90. The number of hydrogen-bond acceptors (Lipinski definition) is 2. The molecular formula is C8H22Cl2O2Si2. The van der Waals surface area contributed by atoms with Crippen LogP contribution in [0.2, 0.25) is 12.1 Å². The third kappa shape index (κ3) is 23.1. The molecule has 0 amide bonds. The maximum Gasteiger partial charge on any atom is 0.161 e. The third-order valence-electron chi connectivity index (χ3n) is 1.46. The lowest BCUT2D eigenvalue weighted by Crippen LogP contribution is -1.91. The van der Waals surface area contributed by atoms with Gasteiger partial charge < -0.3 is 8.85 Å². The highest BCUT2D eigenvalue weighted by Gasteiger charge is 1.83. The summed E-state index contributed by atoms with van der Waals surface area (Å²) in [6.45, 7) is 0. The first-order valence-electron chi connectivity index (χ1n) is 4.93. The Labute approximate surface area is 103 Å². The van der Waals surface area contributed by atoms with E-state index in [0.29, 0.717) is 0 Å². The summed E-state index contributed by atoms with van der Waals surface area (Å²) in [6.07, 6.45) is 2.25. The van der Waals surface area contributed by atoms with Gasteiger partial charge in [0, 0.05) is 26.0 Å². The molecule has 0 aliphatic carbocycles. The van der Waals surface area contributed by atoms with Gasteiger partial charge in [0.05, 0.1) is 0 Å². The molecule has 6 heteroatoms. The predicted molar refractivity (Wildman–Crippen MR) is 71.4 cm³/mol. The van der Waals surface area contributed by atoms with Gasteiger partial charge in [-0.2, -0.15) is 0 Å². The summed E-state index contributed by atoms with van der Waals surface area (Å²) in [5.41, 5.74) is 0. The Morgan fingerprint density at radius 2 is 1.21 bits per heavy atom. The van der Waals surface area contributed by atoms with E-state index in [1.807, 2.05) is 0 Å². The predicted octanol–water partition coefficient (Wildman–Crippen LogP) is 1.53. The second-order valence-electron chi connectivity index (χ2n) is 2.78. The highest BCUT2D eigenvalue weighted by atomic mass is 35.5. The van der Waals surface area contributed by atoms with Crippen molar-refractivity contribution in [3.63, 3.8) is 0 Å². The molecule has 0 aromatic rings. The largest absolute Gasteiger partial charge is 0.427 e. The van der Waals surface area contributed by atoms with Crippen LogP contribution in [0.1, 0.15) is 12.8 Å². The first kappa shape index (κ1) is 17.3. The number of halogens is 2. The van der Waals surface area contributed by atoms with Gasteiger partial charge in [-0.15, -0.1) is 23.2 Å². The van der Waals surface area contributed by atoms with Crippen LogP contribution in [-0.2, 0) is 8.85 Å². The molecule has 0 saturated carbocycles. The maximum absolute atomic E-state index is 5.40. The lowest BCUT2D eigenvalue weighted by Gasteiger charge is -1.90. The van der Waals surface area contributed by atoms with Gasteiger partial charge in [-0.1, -0.05) is 0 Å². The molecule has 0 heterocycles. The molecule has 0 fully saturated rings. The van der Waals surface area contributed by atoms with Crippen LogP contribution in [0.3, 0.4) is 0 Å². The average Bonchev–Trinajstić information content (AvgIpc) is 2.21. The minimum Gasteiger partial charge on any atom is -0.427 e. The molecule has 0 saturated heterocycles. The lowest BCUT2D eigenvalue weighted by atomic mass is 10.6. The van der Waals surface area contributed by atoms with Crippen LogP contribution in [-0.4, -0.2) is 45.5 Å². The highest BCUT2D eigenvalue weighted by molar-refractivity contribution is 6.27. The zero-order valence-electron chi connectivity index (χ0n) is 9.23. The minimum absolute atomic E-state index is 0.174. The normalized spacial score (nSPS) is 11.1. The standard InChI is InChI=1S/2C4H11ClOSi/c2*1-6-7-4-2-3-5/h2*2-4,7H2,1H3. The Balaban J connectivity index is 0. The van der Waals surface area contributed by atoms with E-state index in [2.05, 4.69) is 0 Å². The zero-order valence-corrected chi connectivity index (χ0v) is 13.6. The summed E-state index contributed by atoms with van der Waals surface area (Å²) in [4.78, 5) is 0. The summed E-state index contributed by atoms with van der Waals surface area (Å²) in [6, 6.07) is 2.44. The quantitative estimate of drug-likeness (QED) is 0.380. The van der Waals surface area contributed by atoms with Crippen molar-refractivity contribution in [2.75, 3.05) is 26.0 Å². The first-order valence-corrected chi connectivity index (χ1v) is 9.15. The molecule has 0 unspecified atom stereocenters.